The van der Waals surface area contributed by atoms with E-state index in [1.807, 2.05) is 31.2 Å². The number of carbonyl (C=O) groups is 1. The van der Waals surface area contributed by atoms with Crippen molar-refractivity contribution in [2.75, 3.05) is 11.1 Å². The van der Waals surface area contributed by atoms with Gasteiger partial charge in [-0.05, 0) is 47.1 Å². The van der Waals surface area contributed by atoms with Crippen molar-refractivity contribution >= 4 is 45.0 Å². The first kappa shape index (κ1) is 14.9. The molecule has 4 nitrogen and oxygen atoms in total. The Morgan fingerprint density at radius 2 is 2.10 bits per heavy atom. The highest BCUT2D eigenvalue weighted by atomic mass is 79.9. The third kappa shape index (κ3) is 3.98. The molecule has 0 radical (unpaired) electrons. The average molecular weight is 352 g/mol. The highest BCUT2D eigenvalue weighted by molar-refractivity contribution is 9.10. The van der Waals surface area contributed by atoms with Crippen LogP contribution < -0.4 is 11.1 Å². The molecule has 3 N–H and O–H groups in total. The van der Waals surface area contributed by atoms with E-state index in [0.717, 1.165) is 9.50 Å². The predicted molar refractivity (Wildman–Crippen MR) is 86.7 cm³/mol. The Hall–Kier alpha value is -1.53. The lowest BCUT2D eigenvalue weighted by Crippen LogP contribution is -2.23. The number of amides is 1. The number of anilines is 2. The number of benzene rings is 1. The standard InChI is InChI=1S/C14H14BrN3OS/c1-9(20-13-7-6-10(15)8-17-13)14(19)18-12-5-3-2-4-11(12)16/h2-9H,16H2,1H3,(H,18,19). The number of nitrogen functional groups attached to an aromatic ring is 1. The molecule has 0 bridgehead atoms. The molecule has 1 aromatic heterocycles. The number of nitrogens with one attached hydrogen (secondary N) is 1. The van der Waals surface area contributed by atoms with Gasteiger partial charge in [0.05, 0.1) is 21.7 Å². The summed E-state index contributed by atoms with van der Waals surface area (Å²) in [6.07, 6.45) is 1.71. The molecule has 2 aromatic rings. The van der Waals surface area contributed by atoms with Gasteiger partial charge < -0.3 is 11.1 Å². The lowest BCUT2D eigenvalue weighted by atomic mass is 10.2. The zero-order valence-electron chi connectivity index (χ0n) is 10.8. The van der Waals surface area contributed by atoms with Crippen molar-refractivity contribution in [1.29, 1.82) is 0 Å². The molecule has 6 heteroatoms. The smallest absolute Gasteiger partial charge is 0.237 e. The summed E-state index contributed by atoms with van der Waals surface area (Å²) < 4.78 is 0.913. The zero-order valence-corrected chi connectivity index (χ0v) is 13.2. The fraction of sp³-hybridized carbons (Fsp3) is 0.143. The van der Waals surface area contributed by atoms with Crippen molar-refractivity contribution in [3.05, 3.63) is 47.1 Å². The van der Waals surface area contributed by atoms with Gasteiger partial charge in [-0.3, -0.25) is 4.79 Å². The second-order valence-electron chi connectivity index (χ2n) is 4.15. The van der Waals surface area contributed by atoms with Gasteiger partial charge in [0.2, 0.25) is 5.91 Å². The topological polar surface area (TPSA) is 68.0 Å². The highest BCUT2D eigenvalue weighted by Gasteiger charge is 2.15. The van der Waals surface area contributed by atoms with E-state index in [2.05, 4.69) is 26.2 Å². The van der Waals surface area contributed by atoms with E-state index in [-0.39, 0.29) is 11.2 Å². The van der Waals surface area contributed by atoms with Crippen LogP contribution in [0, 0.1) is 0 Å². The quantitative estimate of drug-likeness (QED) is 0.652. The number of rotatable bonds is 4. The summed E-state index contributed by atoms with van der Waals surface area (Å²) in [4.78, 5) is 16.3. The molecule has 0 aliphatic heterocycles. The van der Waals surface area contributed by atoms with E-state index < -0.39 is 0 Å². The number of hydrogen-bond acceptors (Lipinski definition) is 4. The summed E-state index contributed by atoms with van der Waals surface area (Å²) in [6.45, 7) is 1.84. The van der Waals surface area contributed by atoms with E-state index in [0.29, 0.717) is 11.4 Å². The number of carbonyl (C=O) groups excluding carboxylic acids is 1. The summed E-state index contributed by atoms with van der Waals surface area (Å²) in [5, 5.41) is 3.36. The summed E-state index contributed by atoms with van der Waals surface area (Å²) in [6, 6.07) is 11.0. The van der Waals surface area contributed by atoms with Crippen LogP contribution in [0.5, 0.6) is 0 Å². The molecule has 0 saturated carbocycles. The van der Waals surface area contributed by atoms with Crippen LogP contribution in [0.1, 0.15) is 6.92 Å². The summed E-state index contributed by atoms with van der Waals surface area (Å²) in [5.41, 5.74) is 6.99. The number of hydrogen-bond donors (Lipinski definition) is 2. The molecule has 0 spiro atoms. The normalized spacial score (nSPS) is 11.9. The molecule has 2 rings (SSSR count). The minimum Gasteiger partial charge on any atom is -0.397 e. The van der Waals surface area contributed by atoms with Gasteiger partial charge >= 0.3 is 0 Å². The largest absolute Gasteiger partial charge is 0.397 e. The Balaban J connectivity index is 1.99. The second-order valence-corrected chi connectivity index (χ2v) is 6.43. The van der Waals surface area contributed by atoms with Gasteiger partial charge in [-0.15, -0.1) is 0 Å². The Morgan fingerprint density at radius 3 is 2.75 bits per heavy atom. The molecule has 1 aromatic carbocycles. The van der Waals surface area contributed by atoms with Crippen LogP contribution in [0.25, 0.3) is 0 Å². The van der Waals surface area contributed by atoms with Crippen LogP contribution in [0.3, 0.4) is 0 Å². The minimum absolute atomic E-state index is 0.0994. The van der Waals surface area contributed by atoms with Gasteiger partial charge in [-0.25, -0.2) is 4.98 Å². The SMILES string of the molecule is CC(Sc1ccc(Br)cn1)C(=O)Nc1ccccc1N. The molecular formula is C14H14BrN3OS. The molecule has 104 valence electrons. The first-order valence-corrected chi connectivity index (χ1v) is 7.67. The van der Waals surface area contributed by atoms with Crippen LogP contribution in [0.15, 0.2) is 52.1 Å². The zero-order chi connectivity index (χ0) is 14.5. The van der Waals surface area contributed by atoms with E-state index in [9.17, 15) is 4.79 Å². The van der Waals surface area contributed by atoms with Crippen molar-refractivity contribution in [1.82, 2.24) is 4.98 Å². The van der Waals surface area contributed by atoms with Crippen LogP contribution in [0.4, 0.5) is 11.4 Å². The van der Waals surface area contributed by atoms with Crippen molar-refractivity contribution < 1.29 is 4.79 Å². The van der Waals surface area contributed by atoms with Gasteiger partial charge in [-0.1, -0.05) is 23.9 Å². The van der Waals surface area contributed by atoms with Gasteiger partial charge in [0.25, 0.3) is 0 Å². The van der Waals surface area contributed by atoms with Gasteiger partial charge in [0.1, 0.15) is 0 Å². The predicted octanol–water partition coefficient (Wildman–Crippen LogP) is 3.55. The Bertz CT molecular complexity index is 604. The Morgan fingerprint density at radius 1 is 1.35 bits per heavy atom. The number of pyridine rings is 1. The fourth-order valence-corrected chi connectivity index (χ4v) is 2.53. The molecule has 0 aliphatic carbocycles. The van der Waals surface area contributed by atoms with Crippen molar-refractivity contribution in [3.8, 4) is 0 Å². The highest BCUT2D eigenvalue weighted by Crippen LogP contribution is 2.24. The van der Waals surface area contributed by atoms with Crippen LogP contribution >= 0.6 is 27.7 Å². The summed E-state index contributed by atoms with van der Waals surface area (Å²) >= 11 is 4.73. The molecule has 0 aliphatic rings. The van der Waals surface area contributed by atoms with E-state index in [1.165, 1.54) is 11.8 Å². The summed E-state index contributed by atoms with van der Waals surface area (Å²) in [5.74, 6) is -0.0994. The van der Waals surface area contributed by atoms with Gasteiger partial charge in [-0.2, -0.15) is 0 Å². The molecular weight excluding hydrogens is 338 g/mol. The third-order valence-electron chi connectivity index (χ3n) is 2.59. The number of nitrogens with zero attached hydrogens (tertiary/aromatic N) is 1. The Labute approximate surface area is 130 Å². The first-order valence-electron chi connectivity index (χ1n) is 6.00. The molecule has 20 heavy (non-hydrogen) atoms. The van der Waals surface area contributed by atoms with Gasteiger partial charge in [0.15, 0.2) is 0 Å². The minimum atomic E-state index is -0.261. The lowest BCUT2D eigenvalue weighted by molar-refractivity contribution is -0.115. The molecule has 1 unspecified atom stereocenters. The molecule has 0 fully saturated rings. The molecule has 0 saturated heterocycles. The van der Waals surface area contributed by atoms with Crippen LogP contribution in [-0.4, -0.2) is 16.1 Å². The van der Waals surface area contributed by atoms with E-state index in [1.54, 1.807) is 18.3 Å². The number of thioether (sulfide) groups is 1. The third-order valence-corrected chi connectivity index (χ3v) is 4.11. The number of aromatic nitrogens is 1. The average Bonchev–Trinajstić information content (AvgIpc) is 2.44. The van der Waals surface area contributed by atoms with E-state index in [4.69, 9.17) is 5.73 Å². The lowest BCUT2D eigenvalue weighted by Gasteiger charge is -2.12. The maximum absolute atomic E-state index is 12.1. The van der Waals surface area contributed by atoms with Crippen LogP contribution in [-0.2, 0) is 4.79 Å². The van der Waals surface area contributed by atoms with Crippen molar-refractivity contribution in [2.45, 2.75) is 17.2 Å². The number of nitrogens with two attached hydrogens (primary N) is 1. The second kappa shape index (κ2) is 6.76. The van der Waals surface area contributed by atoms with Crippen molar-refractivity contribution in [3.63, 3.8) is 0 Å². The number of halogens is 1. The van der Waals surface area contributed by atoms with Gasteiger partial charge in [0, 0.05) is 10.7 Å². The maximum Gasteiger partial charge on any atom is 0.237 e. The number of para-hydroxylation sites is 2. The van der Waals surface area contributed by atoms with Crippen LogP contribution in [0.2, 0.25) is 0 Å². The summed E-state index contributed by atoms with van der Waals surface area (Å²) in [7, 11) is 0. The first-order chi connectivity index (χ1) is 9.56. The molecule has 1 heterocycles. The monoisotopic (exact) mass is 351 g/mol. The molecule has 1 amide bonds. The Kier molecular flexibility index (Phi) is 5.03. The van der Waals surface area contributed by atoms with Crippen molar-refractivity contribution in [2.24, 2.45) is 0 Å². The molecule has 1 atom stereocenters. The maximum atomic E-state index is 12.1. The fourth-order valence-electron chi connectivity index (χ4n) is 1.51. The van der Waals surface area contributed by atoms with E-state index >= 15 is 0 Å².